The summed E-state index contributed by atoms with van der Waals surface area (Å²) in [6.45, 7) is 3.58. The predicted octanol–water partition coefficient (Wildman–Crippen LogP) is 4.95. The summed E-state index contributed by atoms with van der Waals surface area (Å²) in [5, 5.41) is 15.7. The Bertz CT molecular complexity index is 824. The molecule has 1 unspecified atom stereocenters. The maximum atomic E-state index is 10.9. The van der Waals surface area contributed by atoms with Crippen molar-refractivity contribution in [1.82, 2.24) is 10.1 Å². The first kappa shape index (κ1) is 17.0. The molecule has 3 aromatic rings. The minimum absolute atomic E-state index is 0.422. The second kappa shape index (κ2) is 6.55. The van der Waals surface area contributed by atoms with E-state index in [4.69, 9.17) is 27.7 Å². The van der Waals surface area contributed by atoms with Crippen LogP contribution in [0, 0.1) is 0 Å². The second-order valence-corrected chi connectivity index (χ2v) is 7.32. The third kappa shape index (κ3) is 3.31. The van der Waals surface area contributed by atoms with E-state index in [1.807, 2.05) is 12.1 Å². The SMILES string of the molecule is CC(C)(Cl)c1onc(-c2ccc(Cl)cc2)c1C(O)c1cccnc1. The van der Waals surface area contributed by atoms with Gasteiger partial charge < -0.3 is 9.63 Å². The molecular formula is C18H16Cl2N2O2. The van der Waals surface area contributed by atoms with Crippen molar-refractivity contribution in [1.29, 1.82) is 0 Å². The van der Waals surface area contributed by atoms with Crippen LogP contribution in [-0.2, 0) is 4.87 Å². The molecule has 0 aliphatic carbocycles. The molecule has 24 heavy (non-hydrogen) atoms. The Morgan fingerprint density at radius 3 is 2.46 bits per heavy atom. The van der Waals surface area contributed by atoms with Gasteiger partial charge in [-0.05, 0) is 32.0 Å². The number of hydrogen-bond donors (Lipinski definition) is 1. The Labute approximate surface area is 150 Å². The molecule has 2 aromatic heterocycles. The van der Waals surface area contributed by atoms with Gasteiger partial charge in [0.05, 0.1) is 10.4 Å². The molecule has 0 fully saturated rings. The van der Waals surface area contributed by atoms with E-state index >= 15 is 0 Å². The lowest BCUT2D eigenvalue weighted by atomic mass is 9.93. The van der Waals surface area contributed by atoms with Crippen molar-refractivity contribution in [2.75, 3.05) is 0 Å². The average molecular weight is 363 g/mol. The van der Waals surface area contributed by atoms with E-state index in [9.17, 15) is 5.11 Å². The van der Waals surface area contributed by atoms with Gasteiger partial charge in [-0.15, -0.1) is 11.6 Å². The zero-order valence-corrected chi connectivity index (χ0v) is 14.7. The van der Waals surface area contributed by atoms with Crippen LogP contribution in [0.1, 0.15) is 36.8 Å². The first-order chi connectivity index (χ1) is 11.4. The van der Waals surface area contributed by atoms with Crippen LogP contribution in [0.25, 0.3) is 11.3 Å². The molecule has 0 saturated carbocycles. The van der Waals surface area contributed by atoms with Crippen LogP contribution in [0.5, 0.6) is 0 Å². The highest BCUT2D eigenvalue weighted by Crippen LogP contribution is 2.41. The minimum Gasteiger partial charge on any atom is -0.383 e. The number of aromatic nitrogens is 2. The summed E-state index contributed by atoms with van der Waals surface area (Å²) in [7, 11) is 0. The van der Waals surface area contributed by atoms with Crippen LogP contribution in [0.3, 0.4) is 0 Å². The Morgan fingerprint density at radius 2 is 1.88 bits per heavy atom. The van der Waals surface area contributed by atoms with Crippen LogP contribution >= 0.6 is 23.2 Å². The number of halogens is 2. The first-order valence-corrected chi connectivity index (χ1v) is 8.16. The largest absolute Gasteiger partial charge is 0.383 e. The molecule has 0 bridgehead atoms. The van der Waals surface area contributed by atoms with Crippen LogP contribution in [0.2, 0.25) is 5.02 Å². The molecule has 0 spiro atoms. The summed E-state index contributed by atoms with van der Waals surface area (Å²) in [6, 6.07) is 10.7. The molecule has 0 radical (unpaired) electrons. The summed E-state index contributed by atoms with van der Waals surface area (Å²) >= 11 is 12.4. The summed E-state index contributed by atoms with van der Waals surface area (Å²) < 4.78 is 5.49. The van der Waals surface area contributed by atoms with Crippen molar-refractivity contribution in [3.8, 4) is 11.3 Å². The monoisotopic (exact) mass is 362 g/mol. The molecule has 0 aliphatic heterocycles. The van der Waals surface area contributed by atoms with E-state index in [0.717, 1.165) is 5.56 Å². The standard InChI is InChI=1S/C18H16Cl2N2O2/c1-18(2,20)17-14(16(23)12-4-3-9-21-10-12)15(22-24-17)11-5-7-13(19)8-6-11/h3-10,16,23H,1-2H3. The third-order valence-corrected chi connectivity index (χ3v) is 4.08. The Kier molecular flexibility index (Phi) is 4.63. The highest BCUT2D eigenvalue weighted by atomic mass is 35.5. The van der Waals surface area contributed by atoms with E-state index < -0.39 is 11.0 Å². The number of aliphatic hydroxyl groups is 1. The van der Waals surface area contributed by atoms with E-state index in [0.29, 0.717) is 27.6 Å². The molecule has 0 saturated heterocycles. The molecule has 2 heterocycles. The smallest absolute Gasteiger partial charge is 0.163 e. The van der Waals surface area contributed by atoms with E-state index in [1.165, 1.54) is 0 Å². The van der Waals surface area contributed by atoms with Gasteiger partial charge in [-0.3, -0.25) is 4.98 Å². The number of alkyl halides is 1. The van der Waals surface area contributed by atoms with Crippen molar-refractivity contribution in [3.63, 3.8) is 0 Å². The zero-order valence-electron chi connectivity index (χ0n) is 13.2. The molecule has 3 rings (SSSR count). The second-order valence-electron chi connectivity index (χ2n) is 5.94. The van der Waals surface area contributed by atoms with Crippen LogP contribution in [-0.4, -0.2) is 15.2 Å². The van der Waals surface area contributed by atoms with Gasteiger partial charge in [0, 0.05) is 28.5 Å². The maximum Gasteiger partial charge on any atom is 0.163 e. The van der Waals surface area contributed by atoms with Gasteiger partial charge in [0.15, 0.2) is 5.76 Å². The Morgan fingerprint density at radius 1 is 1.17 bits per heavy atom. The number of benzene rings is 1. The Balaban J connectivity index is 2.17. The molecule has 1 atom stereocenters. The van der Waals surface area contributed by atoms with Crippen LogP contribution in [0.15, 0.2) is 53.3 Å². The van der Waals surface area contributed by atoms with Crippen molar-refractivity contribution in [2.24, 2.45) is 0 Å². The normalized spacial score (nSPS) is 13.0. The molecule has 4 nitrogen and oxygen atoms in total. The topological polar surface area (TPSA) is 59.2 Å². The maximum absolute atomic E-state index is 10.9. The van der Waals surface area contributed by atoms with Gasteiger partial charge in [-0.2, -0.15) is 0 Å². The molecule has 1 N–H and O–H groups in total. The first-order valence-electron chi connectivity index (χ1n) is 7.41. The Hall–Kier alpha value is -1.88. The van der Waals surface area contributed by atoms with Gasteiger partial charge in [-0.25, -0.2) is 0 Å². The van der Waals surface area contributed by atoms with Gasteiger partial charge in [0.1, 0.15) is 11.8 Å². The van der Waals surface area contributed by atoms with Gasteiger partial charge in [-0.1, -0.05) is 35.0 Å². The number of pyridine rings is 1. The van der Waals surface area contributed by atoms with E-state index in [2.05, 4.69) is 10.1 Å². The molecule has 6 heteroatoms. The summed E-state index contributed by atoms with van der Waals surface area (Å²) in [5.74, 6) is 0.422. The predicted molar refractivity (Wildman–Crippen MR) is 94.1 cm³/mol. The number of hydrogen-bond acceptors (Lipinski definition) is 4. The summed E-state index contributed by atoms with van der Waals surface area (Å²) in [5.41, 5.74) is 2.49. The van der Waals surface area contributed by atoms with Gasteiger partial charge in [0.2, 0.25) is 0 Å². The average Bonchev–Trinajstić information content (AvgIpc) is 3.01. The van der Waals surface area contributed by atoms with Crippen molar-refractivity contribution in [3.05, 3.63) is 70.7 Å². The highest BCUT2D eigenvalue weighted by Gasteiger charge is 2.33. The van der Waals surface area contributed by atoms with Crippen LogP contribution < -0.4 is 0 Å². The van der Waals surface area contributed by atoms with Crippen molar-refractivity contribution >= 4 is 23.2 Å². The molecular weight excluding hydrogens is 347 g/mol. The van der Waals surface area contributed by atoms with E-state index in [-0.39, 0.29) is 0 Å². The number of aliphatic hydroxyl groups excluding tert-OH is 1. The summed E-state index contributed by atoms with van der Waals surface area (Å²) in [4.78, 5) is 3.24. The van der Waals surface area contributed by atoms with Crippen LogP contribution in [0.4, 0.5) is 0 Å². The zero-order chi connectivity index (χ0) is 17.3. The van der Waals surface area contributed by atoms with Gasteiger partial charge >= 0.3 is 0 Å². The fraction of sp³-hybridized carbons (Fsp3) is 0.222. The minimum atomic E-state index is -0.955. The molecule has 1 aromatic carbocycles. The molecule has 124 valence electrons. The van der Waals surface area contributed by atoms with E-state index in [1.54, 1.807) is 50.5 Å². The van der Waals surface area contributed by atoms with Crippen molar-refractivity contribution in [2.45, 2.75) is 24.8 Å². The number of rotatable bonds is 4. The lowest BCUT2D eigenvalue weighted by molar-refractivity contribution is 0.215. The molecule has 0 amide bonds. The fourth-order valence-electron chi connectivity index (χ4n) is 2.50. The highest BCUT2D eigenvalue weighted by molar-refractivity contribution is 6.30. The number of nitrogens with zero attached hydrogens (tertiary/aromatic N) is 2. The molecule has 0 aliphatic rings. The third-order valence-electron chi connectivity index (χ3n) is 3.66. The summed E-state index contributed by atoms with van der Waals surface area (Å²) in [6.07, 6.45) is 2.30. The van der Waals surface area contributed by atoms with Crippen molar-refractivity contribution < 1.29 is 9.63 Å². The fourth-order valence-corrected chi connectivity index (χ4v) is 2.76. The quantitative estimate of drug-likeness (QED) is 0.667. The lowest BCUT2D eigenvalue weighted by Crippen LogP contribution is -2.13. The lowest BCUT2D eigenvalue weighted by Gasteiger charge is -2.18. The van der Waals surface area contributed by atoms with Gasteiger partial charge in [0.25, 0.3) is 0 Å².